The van der Waals surface area contributed by atoms with Crippen LogP contribution in [0.25, 0.3) is 0 Å². The second-order valence-electron chi connectivity index (χ2n) is 6.69. The van der Waals surface area contributed by atoms with Gasteiger partial charge in [0.15, 0.2) is 11.5 Å². The number of benzene rings is 1. The van der Waals surface area contributed by atoms with E-state index in [1.807, 2.05) is 12.1 Å². The van der Waals surface area contributed by atoms with Crippen molar-refractivity contribution in [2.45, 2.75) is 17.9 Å². The van der Waals surface area contributed by atoms with Crippen molar-refractivity contribution in [2.24, 2.45) is 0 Å². The lowest BCUT2D eigenvalue weighted by Crippen LogP contribution is -2.48. The fraction of sp³-hybridized carbons (Fsp3) is 0.421. The predicted molar refractivity (Wildman–Crippen MR) is 100 cm³/mol. The lowest BCUT2D eigenvalue weighted by molar-refractivity contribution is 0.181. The van der Waals surface area contributed by atoms with Gasteiger partial charge in [0.2, 0.25) is 10.0 Å². The SMILES string of the molecule is O=S(=O)(c1ccc2c(c1)OCCCO2)N1CCN(Cc2ccncc2)CC1. The zero-order valence-electron chi connectivity index (χ0n) is 15.1. The lowest BCUT2D eigenvalue weighted by atomic mass is 10.2. The summed E-state index contributed by atoms with van der Waals surface area (Å²) in [5.74, 6) is 1.11. The van der Waals surface area contributed by atoms with Crippen molar-refractivity contribution >= 4 is 10.0 Å². The molecule has 0 bridgehead atoms. The van der Waals surface area contributed by atoms with Gasteiger partial charge in [-0.1, -0.05) is 0 Å². The number of aromatic nitrogens is 1. The molecule has 1 aromatic carbocycles. The third-order valence-electron chi connectivity index (χ3n) is 4.84. The van der Waals surface area contributed by atoms with E-state index in [9.17, 15) is 8.42 Å². The summed E-state index contributed by atoms with van der Waals surface area (Å²) in [6.07, 6.45) is 4.34. The van der Waals surface area contributed by atoms with Gasteiger partial charge >= 0.3 is 0 Å². The van der Waals surface area contributed by atoms with E-state index in [0.29, 0.717) is 50.9 Å². The Balaban J connectivity index is 1.43. The largest absolute Gasteiger partial charge is 0.490 e. The molecule has 0 saturated carbocycles. The van der Waals surface area contributed by atoms with Crippen LogP contribution in [0.3, 0.4) is 0 Å². The Morgan fingerprint density at radius 1 is 0.926 bits per heavy atom. The van der Waals surface area contributed by atoms with Gasteiger partial charge in [-0.3, -0.25) is 9.88 Å². The first kappa shape index (κ1) is 18.2. The highest BCUT2D eigenvalue weighted by molar-refractivity contribution is 7.89. The first-order valence-corrected chi connectivity index (χ1v) is 10.6. The van der Waals surface area contributed by atoms with Gasteiger partial charge in [0.25, 0.3) is 0 Å². The topological polar surface area (TPSA) is 72.0 Å². The highest BCUT2D eigenvalue weighted by atomic mass is 32.2. The molecule has 4 rings (SSSR count). The van der Waals surface area contributed by atoms with E-state index in [1.165, 1.54) is 5.56 Å². The van der Waals surface area contributed by atoms with E-state index in [4.69, 9.17) is 9.47 Å². The van der Waals surface area contributed by atoms with Crippen molar-refractivity contribution in [2.75, 3.05) is 39.4 Å². The van der Waals surface area contributed by atoms with E-state index in [-0.39, 0.29) is 4.90 Å². The van der Waals surface area contributed by atoms with Gasteiger partial charge in [0.05, 0.1) is 18.1 Å². The third-order valence-corrected chi connectivity index (χ3v) is 6.74. The van der Waals surface area contributed by atoms with Crippen LogP contribution in [-0.2, 0) is 16.6 Å². The Morgan fingerprint density at radius 2 is 1.63 bits per heavy atom. The van der Waals surface area contributed by atoms with E-state index >= 15 is 0 Å². The van der Waals surface area contributed by atoms with E-state index in [1.54, 1.807) is 34.9 Å². The molecule has 3 heterocycles. The number of hydrogen-bond acceptors (Lipinski definition) is 6. The van der Waals surface area contributed by atoms with Gasteiger partial charge in [0.1, 0.15) is 0 Å². The normalized spacial score (nSPS) is 18.8. The van der Waals surface area contributed by atoms with Crippen LogP contribution < -0.4 is 9.47 Å². The molecular weight excluding hydrogens is 366 g/mol. The maximum Gasteiger partial charge on any atom is 0.243 e. The molecule has 7 nitrogen and oxygen atoms in total. The van der Waals surface area contributed by atoms with Crippen LogP contribution in [-0.4, -0.2) is 62.0 Å². The predicted octanol–water partition coefficient (Wildman–Crippen LogP) is 1.75. The number of piperazine rings is 1. The summed E-state index contributed by atoms with van der Waals surface area (Å²) in [5.41, 5.74) is 1.18. The maximum absolute atomic E-state index is 13.0. The fourth-order valence-corrected chi connectivity index (χ4v) is 4.77. The van der Waals surface area contributed by atoms with Crippen LogP contribution in [0, 0.1) is 0 Å². The summed E-state index contributed by atoms with van der Waals surface area (Å²) in [7, 11) is -3.54. The van der Waals surface area contributed by atoms with Crippen LogP contribution >= 0.6 is 0 Å². The van der Waals surface area contributed by atoms with Crippen molar-refractivity contribution < 1.29 is 17.9 Å². The highest BCUT2D eigenvalue weighted by Crippen LogP contribution is 2.33. The first-order chi connectivity index (χ1) is 13.1. The third kappa shape index (κ3) is 4.07. The van der Waals surface area contributed by atoms with Crippen LogP contribution in [0.2, 0.25) is 0 Å². The molecular formula is C19H23N3O4S. The van der Waals surface area contributed by atoms with E-state index < -0.39 is 10.0 Å². The average Bonchev–Trinajstić information content (AvgIpc) is 2.94. The molecule has 144 valence electrons. The molecule has 27 heavy (non-hydrogen) atoms. The first-order valence-electron chi connectivity index (χ1n) is 9.14. The quantitative estimate of drug-likeness (QED) is 0.793. The van der Waals surface area contributed by atoms with Crippen LogP contribution in [0.1, 0.15) is 12.0 Å². The van der Waals surface area contributed by atoms with Crippen molar-refractivity contribution in [1.29, 1.82) is 0 Å². The zero-order valence-corrected chi connectivity index (χ0v) is 15.9. The molecule has 0 radical (unpaired) electrons. The number of pyridine rings is 1. The van der Waals surface area contributed by atoms with Gasteiger partial charge in [-0.2, -0.15) is 4.31 Å². The Kier molecular flexibility index (Phi) is 5.29. The van der Waals surface area contributed by atoms with E-state index in [0.717, 1.165) is 13.0 Å². The van der Waals surface area contributed by atoms with Crippen LogP contribution in [0.15, 0.2) is 47.6 Å². The highest BCUT2D eigenvalue weighted by Gasteiger charge is 2.29. The molecule has 1 aromatic heterocycles. The van der Waals surface area contributed by atoms with Gasteiger partial charge in [-0.05, 0) is 29.8 Å². The van der Waals surface area contributed by atoms with Gasteiger partial charge in [-0.25, -0.2) is 8.42 Å². The summed E-state index contributed by atoms with van der Waals surface area (Å²) in [6, 6.07) is 8.85. The Bertz CT molecular complexity index is 881. The standard InChI is InChI=1S/C19H23N3O4S/c23-27(24,17-2-3-18-19(14-17)26-13-1-12-25-18)22-10-8-21(9-11-22)15-16-4-6-20-7-5-16/h2-7,14H,1,8-13,15H2. The minimum Gasteiger partial charge on any atom is -0.490 e. The van der Waals surface area contributed by atoms with Gasteiger partial charge < -0.3 is 9.47 Å². The molecule has 0 atom stereocenters. The van der Waals surface area contributed by atoms with Crippen LogP contribution in [0.4, 0.5) is 0 Å². The molecule has 0 unspecified atom stereocenters. The summed E-state index contributed by atoms with van der Waals surface area (Å²) in [6.45, 7) is 4.27. The molecule has 0 amide bonds. The van der Waals surface area contributed by atoms with Crippen molar-refractivity contribution in [1.82, 2.24) is 14.2 Å². The second kappa shape index (κ2) is 7.84. The van der Waals surface area contributed by atoms with Crippen molar-refractivity contribution in [3.63, 3.8) is 0 Å². The number of hydrogen-bond donors (Lipinski definition) is 0. The fourth-order valence-electron chi connectivity index (χ4n) is 3.33. The Morgan fingerprint density at radius 3 is 2.37 bits per heavy atom. The molecule has 2 aliphatic rings. The molecule has 0 aliphatic carbocycles. The minimum absolute atomic E-state index is 0.259. The summed E-state index contributed by atoms with van der Waals surface area (Å²) >= 11 is 0. The summed E-state index contributed by atoms with van der Waals surface area (Å²) in [4.78, 5) is 6.55. The monoisotopic (exact) mass is 389 g/mol. The second-order valence-corrected chi connectivity index (χ2v) is 8.63. The van der Waals surface area contributed by atoms with Gasteiger partial charge in [-0.15, -0.1) is 0 Å². The minimum atomic E-state index is -3.54. The molecule has 0 spiro atoms. The number of rotatable bonds is 4. The van der Waals surface area contributed by atoms with Crippen molar-refractivity contribution in [3.05, 3.63) is 48.3 Å². The summed E-state index contributed by atoms with van der Waals surface area (Å²) in [5, 5.41) is 0. The summed E-state index contributed by atoms with van der Waals surface area (Å²) < 4.78 is 38.8. The molecule has 2 aromatic rings. The molecule has 1 saturated heterocycles. The Labute approximate surface area is 159 Å². The average molecular weight is 389 g/mol. The number of nitrogens with zero attached hydrogens (tertiary/aromatic N) is 3. The Hall–Kier alpha value is -2.16. The number of ether oxygens (including phenoxy) is 2. The molecule has 8 heteroatoms. The van der Waals surface area contributed by atoms with E-state index in [2.05, 4.69) is 9.88 Å². The van der Waals surface area contributed by atoms with Gasteiger partial charge in [0, 0.05) is 57.6 Å². The molecule has 0 N–H and O–H groups in total. The smallest absolute Gasteiger partial charge is 0.243 e. The molecule has 1 fully saturated rings. The lowest BCUT2D eigenvalue weighted by Gasteiger charge is -2.34. The number of fused-ring (bicyclic) bond motifs is 1. The number of sulfonamides is 1. The van der Waals surface area contributed by atoms with Crippen molar-refractivity contribution in [3.8, 4) is 11.5 Å². The van der Waals surface area contributed by atoms with Crippen LogP contribution in [0.5, 0.6) is 11.5 Å². The zero-order chi connectivity index (χ0) is 18.7. The molecule has 2 aliphatic heterocycles. The maximum atomic E-state index is 13.0.